The molecular weight excluding hydrogens is 477 g/mol. The Morgan fingerprint density at radius 3 is 2.62 bits per heavy atom. The second-order valence-electron chi connectivity index (χ2n) is 9.54. The molecule has 0 radical (unpaired) electrons. The number of hydrogen-bond acceptors (Lipinski definition) is 6. The lowest BCUT2D eigenvalue weighted by molar-refractivity contribution is -0.123. The maximum atomic E-state index is 14.2. The van der Waals surface area contributed by atoms with Crippen molar-refractivity contribution in [1.29, 1.82) is 0 Å². The molecule has 198 valence electrons. The predicted molar refractivity (Wildman–Crippen MR) is 137 cm³/mol. The van der Waals surface area contributed by atoms with Crippen molar-refractivity contribution in [3.63, 3.8) is 0 Å². The van der Waals surface area contributed by atoms with Crippen LogP contribution in [0.1, 0.15) is 61.9 Å². The number of nitrogens with two attached hydrogens (primary N) is 1. The van der Waals surface area contributed by atoms with E-state index in [-0.39, 0.29) is 29.7 Å². The molecule has 3 atom stereocenters. The van der Waals surface area contributed by atoms with E-state index in [4.69, 9.17) is 19.9 Å². The maximum absolute atomic E-state index is 14.2. The summed E-state index contributed by atoms with van der Waals surface area (Å²) in [6.07, 6.45) is 4.75. The van der Waals surface area contributed by atoms with E-state index in [0.717, 1.165) is 32.3 Å². The number of fused-ring (bicyclic) bond motifs is 1. The molecule has 1 aliphatic heterocycles. The van der Waals surface area contributed by atoms with Gasteiger partial charge in [-0.05, 0) is 51.2 Å². The van der Waals surface area contributed by atoms with E-state index in [9.17, 15) is 14.0 Å². The molecule has 0 bridgehead atoms. The zero-order chi connectivity index (χ0) is 26.5. The number of primary amides is 1. The molecule has 1 aliphatic carbocycles. The van der Waals surface area contributed by atoms with Crippen LogP contribution < -0.4 is 20.5 Å². The Bertz CT molecular complexity index is 1220. The zero-order valence-corrected chi connectivity index (χ0v) is 21.5. The summed E-state index contributed by atoms with van der Waals surface area (Å²) in [6.45, 7) is 4.63. The van der Waals surface area contributed by atoms with Gasteiger partial charge in [0.05, 0.1) is 30.4 Å². The first-order valence-electron chi connectivity index (χ1n) is 12.9. The average Bonchev–Trinajstić information content (AvgIpc) is 3.18. The molecule has 0 spiro atoms. The van der Waals surface area contributed by atoms with Crippen LogP contribution in [-0.2, 0) is 9.53 Å². The Kier molecular flexibility index (Phi) is 8.49. The number of alkyl halides is 1. The van der Waals surface area contributed by atoms with E-state index >= 15 is 0 Å². The van der Waals surface area contributed by atoms with E-state index in [1.54, 1.807) is 18.3 Å². The van der Waals surface area contributed by atoms with Crippen molar-refractivity contribution in [1.82, 2.24) is 10.3 Å². The molecule has 3 N–H and O–H groups in total. The van der Waals surface area contributed by atoms with Crippen LogP contribution in [0.15, 0.2) is 18.3 Å². The number of methoxy groups -OCH3 is 1. The van der Waals surface area contributed by atoms with Crippen molar-refractivity contribution in [2.75, 3.05) is 20.3 Å². The standard InChI is InChI=1S/C28H34FN3O5/c1-4-19-23(32-27(34)25(19)29)15-37-28-21-13-24(35-3)22(26(30)33)12-20(21)17(14-31-28)9-6-16-7-10-18(11-8-16)36-5-2/h12-14,16,18-19,23,25H,4-5,7-8,10-11,15H2,1-3H3,(H2,30,33)(H,32,34)/t16-,18+,19-,23+,25-/m0/s1. The Hall–Kier alpha value is -3.38. The molecule has 2 amide bonds. The molecular formula is C28H34FN3O5. The molecule has 2 aliphatic rings. The average molecular weight is 512 g/mol. The van der Waals surface area contributed by atoms with Crippen molar-refractivity contribution in [2.24, 2.45) is 17.6 Å². The van der Waals surface area contributed by atoms with Crippen LogP contribution in [0.3, 0.4) is 0 Å². The number of hydrogen-bond donors (Lipinski definition) is 2. The van der Waals surface area contributed by atoms with Crippen LogP contribution in [0.2, 0.25) is 0 Å². The smallest absolute Gasteiger partial charge is 0.255 e. The number of carbonyl (C=O) groups excluding carboxylic acids is 2. The van der Waals surface area contributed by atoms with Gasteiger partial charge in [-0.25, -0.2) is 9.37 Å². The Balaban J connectivity index is 1.64. The van der Waals surface area contributed by atoms with E-state index in [1.165, 1.54) is 7.11 Å². The molecule has 1 saturated heterocycles. The quantitative estimate of drug-likeness (QED) is 0.525. The van der Waals surface area contributed by atoms with Gasteiger partial charge in [-0.15, -0.1) is 0 Å². The number of nitrogens with zero attached hydrogens (tertiary/aromatic N) is 1. The second-order valence-corrected chi connectivity index (χ2v) is 9.54. The third-order valence-corrected chi connectivity index (χ3v) is 7.27. The fourth-order valence-electron chi connectivity index (χ4n) is 5.20. The number of benzene rings is 1. The molecule has 1 saturated carbocycles. The number of pyridine rings is 1. The number of halogens is 1. The molecule has 2 fully saturated rings. The van der Waals surface area contributed by atoms with Gasteiger partial charge < -0.3 is 25.3 Å². The summed E-state index contributed by atoms with van der Waals surface area (Å²) >= 11 is 0. The van der Waals surface area contributed by atoms with E-state index < -0.39 is 29.9 Å². The third-order valence-electron chi connectivity index (χ3n) is 7.27. The van der Waals surface area contributed by atoms with Crippen LogP contribution in [0.5, 0.6) is 11.6 Å². The summed E-state index contributed by atoms with van der Waals surface area (Å²) < 4.78 is 31.3. The first-order valence-corrected chi connectivity index (χ1v) is 12.9. The molecule has 37 heavy (non-hydrogen) atoms. The Morgan fingerprint density at radius 2 is 1.97 bits per heavy atom. The Labute approximate surface area is 216 Å². The molecule has 1 aromatic heterocycles. The molecule has 2 aromatic rings. The van der Waals surface area contributed by atoms with Gasteiger partial charge in [0.2, 0.25) is 5.88 Å². The Morgan fingerprint density at radius 1 is 1.22 bits per heavy atom. The molecule has 2 heterocycles. The molecule has 8 nitrogen and oxygen atoms in total. The normalized spacial score (nSPS) is 25.3. The fraction of sp³-hybridized carbons (Fsp3) is 0.536. The highest BCUT2D eigenvalue weighted by molar-refractivity contribution is 6.03. The lowest BCUT2D eigenvalue weighted by atomic mass is 9.87. The van der Waals surface area contributed by atoms with Crippen molar-refractivity contribution in [3.05, 3.63) is 29.5 Å². The minimum absolute atomic E-state index is 0.0563. The van der Waals surface area contributed by atoms with Crippen molar-refractivity contribution < 1.29 is 28.2 Å². The van der Waals surface area contributed by atoms with Crippen molar-refractivity contribution in [3.8, 4) is 23.5 Å². The molecule has 4 rings (SSSR count). The number of ether oxygens (including phenoxy) is 3. The van der Waals surface area contributed by atoms with Crippen molar-refractivity contribution in [2.45, 2.75) is 64.3 Å². The van der Waals surface area contributed by atoms with Gasteiger partial charge in [-0.3, -0.25) is 9.59 Å². The number of amides is 2. The molecule has 0 unspecified atom stereocenters. The van der Waals surface area contributed by atoms with Gasteiger partial charge >= 0.3 is 0 Å². The number of carbonyl (C=O) groups is 2. The summed E-state index contributed by atoms with van der Waals surface area (Å²) in [6, 6.07) is 2.83. The first kappa shape index (κ1) is 26.7. The summed E-state index contributed by atoms with van der Waals surface area (Å²) in [5, 5.41) is 3.90. The number of aromatic nitrogens is 1. The zero-order valence-electron chi connectivity index (χ0n) is 21.5. The third kappa shape index (κ3) is 5.80. The fourth-order valence-corrected chi connectivity index (χ4v) is 5.20. The van der Waals surface area contributed by atoms with Gasteiger partial charge in [0.15, 0.2) is 6.17 Å². The minimum Gasteiger partial charge on any atom is -0.496 e. The second kappa shape index (κ2) is 11.8. The van der Waals surface area contributed by atoms with Gasteiger partial charge in [-0.2, -0.15) is 0 Å². The van der Waals surface area contributed by atoms with Gasteiger partial charge in [0.25, 0.3) is 11.8 Å². The van der Waals surface area contributed by atoms with Gasteiger partial charge in [0.1, 0.15) is 12.4 Å². The van der Waals surface area contributed by atoms with E-state index in [1.807, 2.05) is 13.8 Å². The van der Waals surface area contributed by atoms with E-state index in [0.29, 0.717) is 28.9 Å². The van der Waals surface area contributed by atoms with Crippen LogP contribution >= 0.6 is 0 Å². The number of rotatable bonds is 8. The van der Waals surface area contributed by atoms with E-state index in [2.05, 4.69) is 22.1 Å². The summed E-state index contributed by atoms with van der Waals surface area (Å²) in [7, 11) is 1.45. The van der Waals surface area contributed by atoms with Gasteiger partial charge in [-0.1, -0.05) is 18.8 Å². The highest BCUT2D eigenvalue weighted by Gasteiger charge is 2.41. The lowest BCUT2D eigenvalue weighted by Crippen LogP contribution is -2.34. The SMILES string of the molecule is CCO[C@H]1CC[C@@H](C#Cc2cnc(OC[C@H]3NC(=O)[C@@H](F)[C@H]3CC)c3cc(OC)c(C(N)=O)cc23)CC1. The largest absolute Gasteiger partial charge is 0.496 e. The predicted octanol–water partition coefficient (Wildman–Crippen LogP) is 3.53. The van der Waals surface area contributed by atoms with Crippen LogP contribution in [0.4, 0.5) is 4.39 Å². The monoisotopic (exact) mass is 511 g/mol. The summed E-state index contributed by atoms with van der Waals surface area (Å²) in [4.78, 5) is 28.4. The van der Waals surface area contributed by atoms with Crippen molar-refractivity contribution >= 4 is 22.6 Å². The lowest BCUT2D eigenvalue weighted by Gasteiger charge is -2.25. The topological polar surface area (TPSA) is 113 Å². The van der Waals surface area contributed by atoms with Crippen LogP contribution in [-0.4, -0.2) is 55.4 Å². The van der Waals surface area contributed by atoms with Crippen LogP contribution in [0.25, 0.3) is 10.8 Å². The van der Waals surface area contributed by atoms with Crippen LogP contribution in [0, 0.1) is 23.7 Å². The number of nitrogens with one attached hydrogen (secondary N) is 1. The molecule has 1 aromatic carbocycles. The highest BCUT2D eigenvalue weighted by atomic mass is 19.1. The van der Waals surface area contributed by atoms with Gasteiger partial charge in [0, 0.05) is 35.4 Å². The summed E-state index contributed by atoms with van der Waals surface area (Å²) in [5.41, 5.74) is 6.47. The highest BCUT2D eigenvalue weighted by Crippen LogP contribution is 2.34. The summed E-state index contributed by atoms with van der Waals surface area (Å²) in [5.74, 6) is 5.72. The minimum atomic E-state index is -1.55. The maximum Gasteiger partial charge on any atom is 0.255 e. The first-order chi connectivity index (χ1) is 17.9. The molecule has 9 heteroatoms.